The van der Waals surface area contributed by atoms with Gasteiger partial charge in [-0.1, -0.05) is 19.9 Å². The number of pyridine rings is 1. The van der Waals surface area contributed by atoms with Crippen molar-refractivity contribution in [3.05, 3.63) is 47.0 Å². The van der Waals surface area contributed by atoms with Crippen molar-refractivity contribution in [1.82, 2.24) is 20.1 Å². The highest BCUT2D eigenvalue weighted by molar-refractivity contribution is 5.87. The van der Waals surface area contributed by atoms with Crippen LogP contribution in [0.2, 0.25) is 0 Å². The molecule has 2 heterocycles. The van der Waals surface area contributed by atoms with Gasteiger partial charge in [0.05, 0.1) is 0 Å². The summed E-state index contributed by atoms with van der Waals surface area (Å²) in [5.74, 6) is -0.487. The smallest absolute Gasteiger partial charge is 0.356 e. The topological polar surface area (TPSA) is 80.0 Å². The van der Waals surface area contributed by atoms with E-state index in [4.69, 9.17) is 0 Å². The molecular weight excluding hydrogens is 304 g/mol. The Kier molecular flexibility index (Phi) is 4.94. The van der Waals surface area contributed by atoms with Crippen molar-refractivity contribution in [3.63, 3.8) is 0 Å². The Morgan fingerprint density at radius 3 is 3.00 bits per heavy atom. The van der Waals surface area contributed by atoms with Gasteiger partial charge in [-0.25, -0.2) is 4.79 Å². The molecule has 0 saturated heterocycles. The van der Waals surface area contributed by atoms with Crippen molar-refractivity contribution in [1.29, 1.82) is 0 Å². The molecule has 0 aliphatic heterocycles. The van der Waals surface area contributed by atoms with Gasteiger partial charge in [0.1, 0.15) is 0 Å². The predicted molar refractivity (Wildman–Crippen MR) is 90.9 cm³/mol. The SMILES string of the molecule is CC(C)Cn1nc(C(=O)O)c2c1CCC(NCc1cccnc1)C2. The van der Waals surface area contributed by atoms with Crippen LogP contribution in [-0.4, -0.2) is 31.9 Å². The number of hydrogen-bond donors (Lipinski definition) is 2. The molecule has 0 radical (unpaired) electrons. The molecule has 0 amide bonds. The first kappa shape index (κ1) is 16.6. The highest BCUT2D eigenvalue weighted by atomic mass is 16.4. The van der Waals surface area contributed by atoms with E-state index in [2.05, 4.69) is 29.2 Å². The number of carbonyl (C=O) groups is 1. The maximum Gasteiger partial charge on any atom is 0.356 e. The fourth-order valence-corrected chi connectivity index (χ4v) is 3.30. The largest absolute Gasteiger partial charge is 0.476 e. The number of carboxylic acids is 1. The Balaban J connectivity index is 1.74. The van der Waals surface area contributed by atoms with Crippen LogP contribution < -0.4 is 5.32 Å². The van der Waals surface area contributed by atoms with Gasteiger partial charge < -0.3 is 10.4 Å². The van der Waals surface area contributed by atoms with Crippen molar-refractivity contribution >= 4 is 5.97 Å². The van der Waals surface area contributed by atoms with Crippen LogP contribution in [0.15, 0.2) is 24.5 Å². The van der Waals surface area contributed by atoms with Crippen molar-refractivity contribution in [2.75, 3.05) is 0 Å². The molecule has 1 atom stereocenters. The molecule has 24 heavy (non-hydrogen) atoms. The summed E-state index contributed by atoms with van der Waals surface area (Å²) in [5, 5.41) is 17.4. The first-order chi connectivity index (χ1) is 11.5. The third-order valence-corrected chi connectivity index (χ3v) is 4.40. The average Bonchev–Trinajstić information content (AvgIpc) is 2.91. The highest BCUT2D eigenvalue weighted by Gasteiger charge is 2.29. The summed E-state index contributed by atoms with van der Waals surface area (Å²) < 4.78 is 1.90. The van der Waals surface area contributed by atoms with Gasteiger partial charge in [0, 0.05) is 42.8 Å². The van der Waals surface area contributed by atoms with Crippen molar-refractivity contribution in [3.8, 4) is 0 Å². The Bertz CT molecular complexity index is 709. The maximum atomic E-state index is 11.6. The van der Waals surface area contributed by atoms with Gasteiger partial charge in [-0.05, 0) is 36.8 Å². The van der Waals surface area contributed by atoms with Crippen molar-refractivity contribution in [2.24, 2.45) is 5.92 Å². The molecule has 6 nitrogen and oxygen atoms in total. The molecule has 0 bridgehead atoms. The van der Waals surface area contributed by atoms with Crippen molar-refractivity contribution in [2.45, 2.75) is 52.2 Å². The summed E-state index contributed by atoms with van der Waals surface area (Å²) in [6, 6.07) is 4.24. The van der Waals surface area contributed by atoms with Crippen LogP contribution in [0.4, 0.5) is 0 Å². The normalized spacial score (nSPS) is 17.0. The van der Waals surface area contributed by atoms with Crippen LogP contribution in [-0.2, 0) is 25.9 Å². The standard InChI is InChI=1S/C18H24N4O2/c1-12(2)11-22-16-6-5-14(8-15(16)17(21-22)18(23)24)20-10-13-4-3-7-19-9-13/h3-4,7,9,12,14,20H,5-6,8,10-11H2,1-2H3,(H,23,24). The zero-order chi connectivity index (χ0) is 17.1. The molecule has 128 valence electrons. The second-order valence-electron chi connectivity index (χ2n) is 6.84. The molecule has 0 fully saturated rings. The molecule has 2 aromatic rings. The first-order valence-electron chi connectivity index (χ1n) is 8.48. The molecule has 0 saturated carbocycles. The quantitative estimate of drug-likeness (QED) is 0.850. The van der Waals surface area contributed by atoms with Crippen LogP contribution in [0.25, 0.3) is 0 Å². The molecule has 2 aromatic heterocycles. The number of aromatic nitrogens is 3. The molecular formula is C18H24N4O2. The molecule has 0 aromatic carbocycles. The average molecular weight is 328 g/mol. The second kappa shape index (κ2) is 7.13. The van der Waals surface area contributed by atoms with E-state index in [1.165, 1.54) is 0 Å². The van der Waals surface area contributed by atoms with Gasteiger partial charge in [-0.2, -0.15) is 5.10 Å². The number of carboxylic acid groups (broad SMARTS) is 1. The summed E-state index contributed by atoms with van der Waals surface area (Å²) in [6.07, 6.45) is 6.20. The van der Waals surface area contributed by atoms with Gasteiger partial charge >= 0.3 is 5.97 Å². The van der Waals surface area contributed by atoms with E-state index < -0.39 is 5.97 Å². The number of nitrogens with zero attached hydrogens (tertiary/aromatic N) is 3. The minimum Gasteiger partial charge on any atom is -0.476 e. The first-order valence-corrected chi connectivity index (χ1v) is 8.48. The number of aromatic carboxylic acids is 1. The maximum absolute atomic E-state index is 11.6. The lowest BCUT2D eigenvalue weighted by atomic mass is 9.91. The summed E-state index contributed by atoms with van der Waals surface area (Å²) >= 11 is 0. The van der Waals surface area contributed by atoms with E-state index in [1.807, 2.05) is 23.0 Å². The van der Waals surface area contributed by atoms with Crippen LogP contribution in [0.3, 0.4) is 0 Å². The van der Waals surface area contributed by atoms with E-state index >= 15 is 0 Å². The number of rotatable bonds is 6. The minimum atomic E-state index is -0.929. The van der Waals surface area contributed by atoms with Gasteiger partial charge in [-0.15, -0.1) is 0 Å². The Labute approximate surface area is 141 Å². The summed E-state index contributed by atoms with van der Waals surface area (Å²) in [7, 11) is 0. The Morgan fingerprint density at radius 1 is 1.50 bits per heavy atom. The van der Waals surface area contributed by atoms with Gasteiger partial charge in [0.25, 0.3) is 0 Å². The van der Waals surface area contributed by atoms with E-state index in [9.17, 15) is 9.90 Å². The van der Waals surface area contributed by atoms with Crippen LogP contribution in [0.5, 0.6) is 0 Å². The minimum absolute atomic E-state index is 0.221. The van der Waals surface area contributed by atoms with E-state index in [-0.39, 0.29) is 11.7 Å². The molecule has 6 heteroatoms. The van der Waals surface area contributed by atoms with Crippen LogP contribution >= 0.6 is 0 Å². The number of hydrogen-bond acceptors (Lipinski definition) is 4. The van der Waals surface area contributed by atoms with E-state index in [0.717, 1.165) is 49.2 Å². The van der Waals surface area contributed by atoms with E-state index in [1.54, 1.807) is 6.20 Å². The van der Waals surface area contributed by atoms with E-state index in [0.29, 0.717) is 5.92 Å². The third kappa shape index (κ3) is 3.64. The summed E-state index contributed by atoms with van der Waals surface area (Å²) in [6.45, 7) is 5.75. The summed E-state index contributed by atoms with van der Waals surface area (Å²) in [5.41, 5.74) is 3.36. The number of nitrogens with one attached hydrogen (secondary N) is 1. The molecule has 1 aliphatic rings. The molecule has 0 spiro atoms. The lowest BCUT2D eigenvalue weighted by Crippen LogP contribution is -2.35. The van der Waals surface area contributed by atoms with Crippen LogP contribution in [0, 0.1) is 5.92 Å². The predicted octanol–water partition coefficient (Wildman–Crippen LogP) is 2.28. The van der Waals surface area contributed by atoms with Crippen LogP contribution in [0.1, 0.15) is 47.6 Å². The van der Waals surface area contributed by atoms with Gasteiger partial charge in [0.2, 0.25) is 0 Å². The fraction of sp³-hybridized carbons (Fsp3) is 0.500. The fourth-order valence-electron chi connectivity index (χ4n) is 3.30. The number of fused-ring (bicyclic) bond motifs is 1. The highest BCUT2D eigenvalue weighted by Crippen LogP contribution is 2.26. The zero-order valence-corrected chi connectivity index (χ0v) is 14.2. The zero-order valence-electron chi connectivity index (χ0n) is 14.2. The molecule has 3 rings (SSSR count). The Morgan fingerprint density at radius 2 is 2.33 bits per heavy atom. The summed E-state index contributed by atoms with van der Waals surface area (Å²) in [4.78, 5) is 15.7. The molecule has 1 aliphatic carbocycles. The lowest BCUT2D eigenvalue weighted by Gasteiger charge is -2.24. The Hall–Kier alpha value is -2.21. The second-order valence-corrected chi connectivity index (χ2v) is 6.84. The lowest BCUT2D eigenvalue weighted by molar-refractivity contribution is 0.0688. The monoisotopic (exact) mass is 328 g/mol. The van der Waals surface area contributed by atoms with Gasteiger partial charge in [0.15, 0.2) is 5.69 Å². The van der Waals surface area contributed by atoms with Gasteiger partial charge in [-0.3, -0.25) is 9.67 Å². The molecule has 1 unspecified atom stereocenters. The van der Waals surface area contributed by atoms with Crippen molar-refractivity contribution < 1.29 is 9.90 Å². The third-order valence-electron chi connectivity index (χ3n) is 4.40. The molecule has 2 N–H and O–H groups in total.